The van der Waals surface area contributed by atoms with E-state index >= 15 is 0 Å². The normalized spacial score (nSPS) is 17.3. The molecule has 114 valence electrons. The van der Waals surface area contributed by atoms with Gasteiger partial charge >= 0.3 is 0 Å². The highest BCUT2D eigenvalue weighted by Gasteiger charge is 2.24. The maximum Gasteiger partial charge on any atom is 0.127 e. The molecular formula is C19H14FNS2. The van der Waals surface area contributed by atoms with Crippen molar-refractivity contribution in [2.24, 2.45) is 4.99 Å². The lowest BCUT2D eigenvalue weighted by molar-refractivity contribution is 0.609. The van der Waals surface area contributed by atoms with Gasteiger partial charge in [-0.3, -0.25) is 4.99 Å². The van der Waals surface area contributed by atoms with E-state index in [-0.39, 0.29) is 11.1 Å². The Balaban J connectivity index is 1.82. The van der Waals surface area contributed by atoms with E-state index in [9.17, 15) is 4.39 Å². The number of nitrogens with zero attached hydrogens (tertiary/aromatic N) is 1. The number of halogens is 1. The van der Waals surface area contributed by atoms with Crippen LogP contribution >= 0.6 is 23.1 Å². The van der Waals surface area contributed by atoms with Crippen LogP contribution in [-0.2, 0) is 0 Å². The minimum Gasteiger partial charge on any atom is -0.251 e. The van der Waals surface area contributed by atoms with Gasteiger partial charge in [-0.25, -0.2) is 4.39 Å². The van der Waals surface area contributed by atoms with E-state index in [2.05, 4.69) is 17.5 Å². The minimum absolute atomic E-state index is 0.0284. The van der Waals surface area contributed by atoms with E-state index < -0.39 is 0 Å². The smallest absolute Gasteiger partial charge is 0.127 e. The number of fused-ring (bicyclic) bond motifs is 1. The molecule has 23 heavy (non-hydrogen) atoms. The third kappa shape index (κ3) is 2.96. The van der Waals surface area contributed by atoms with Crippen molar-refractivity contribution in [3.05, 3.63) is 82.3 Å². The van der Waals surface area contributed by atoms with Gasteiger partial charge in [0, 0.05) is 27.0 Å². The lowest BCUT2D eigenvalue weighted by Gasteiger charge is -2.16. The second-order valence-electron chi connectivity index (χ2n) is 5.34. The molecule has 3 aromatic rings. The number of hydrogen-bond acceptors (Lipinski definition) is 3. The number of thiophene rings is 1. The van der Waals surface area contributed by atoms with Gasteiger partial charge in [-0.15, -0.1) is 23.1 Å². The van der Waals surface area contributed by atoms with Crippen LogP contribution in [0.2, 0.25) is 0 Å². The fourth-order valence-corrected chi connectivity index (χ4v) is 4.70. The maximum absolute atomic E-state index is 14.3. The zero-order valence-electron chi connectivity index (χ0n) is 12.3. The molecule has 0 aliphatic carbocycles. The Bertz CT molecular complexity index is 855. The summed E-state index contributed by atoms with van der Waals surface area (Å²) in [4.78, 5) is 7.13. The molecule has 0 bridgehead atoms. The van der Waals surface area contributed by atoms with E-state index in [1.165, 1.54) is 6.07 Å². The quantitative estimate of drug-likeness (QED) is 0.538. The Labute approximate surface area is 142 Å². The molecule has 4 rings (SSSR count). The highest BCUT2D eigenvalue weighted by atomic mass is 32.2. The molecule has 0 N–H and O–H groups in total. The number of benzene rings is 2. The topological polar surface area (TPSA) is 12.4 Å². The second kappa shape index (κ2) is 6.30. The summed E-state index contributed by atoms with van der Waals surface area (Å²) in [5.41, 5.74) is 2.75. The van der Waals surface area contributed by atoms with Crippen LogP contribution in [0.1, 0.15) is 22.1 Å². The van der Waals surface area contributed by atoms with Crippen LogP contribution in [0, 0.1) is 5.82 Å². The molecule has 0 radical (unpaired) electrons. The van der Waals surface area contributed by atoms with Crippen molar-refractivity contribution in [1.82, 2.24) is 0 Å². The Hall–Kier alpha value is -1.91. The Morgan fingerprint density at radius 3 is 2.61 bits per heavy atom. The summed E-state index contributed by atoms with van der Waals surface area (Å²) in [5.74, 6) is -0.144. The molecule has 1 nitrogen and oxygen atoms in total. The standard InChI is InChI=1S/C19H14FNS2/c20-14-7-2-1-6-13(14)19-12-16(17-10-5-11-22-17)21-15-8-3-4-9-18(15)23-19/h1-11,19H,12H2/t19-/m1/s1. The van der Waals surface area contributed by atoms with Crippen molar-refractivity contribution in [2.75, 3.05) is 0 Å². The molecule has 0 unspecified atom stereocenters. The first-order chi connectivity index (χ1) is 11.3. The molecule has 1 aliphatic heterocycles. The number of thioether (sulfide) groups is 1. The van der Waals surface area contributed by atoms with Crippen molar-refractivity contribution < 1.29 is 4.39 Å². The molecule has 1 aliphatic rings. The van der Waals surface area contributed by atoms with Crippen molar-refractivity contribution in [1.29, 1.82) is 0 Å². The van der Waals surface area contributed by atoms with Crippen LogP contribution in [0.4, 0.5) is 10.1 Å². The first kappa shape index (κ1) is 14.7. The largest absolute Gasteiger partial charge is 0.251 e. The predicted molar refractivity (Wildman–Crippen MR) is 96.6 cm³/mol. The number of rotatable bonds is 2. The van der Waals surface area contributed by atoms with Crippen molar-refractivity contribution in [2.45, 2.75) is 16.6 Å². The highest BCUT2D eigenvalue weighted by molar-refractivity contribution is 7.99. The van der Waals surface area contributed by atoms with Gasteiger partial charge in [-0.1, -0.05) is 36.4 Å². The molecule has 1 aromatic heterocycles. The molecule has 0 amide bonds. The second-order valence-corrected chi connectivity index (χ2v) is 7.53. The third-order valence-corrected chi connectivity index (χ3v) is 6.05. The lowest BCUT2D eigenvalue weighted by Crippen LogP contribution is -2.05. The molecule has 0 saturated heterocycles. The molecule has 2 heterocycles. The molecule has 1 atom stereocenters. The fourth-order valence-electron chi connectivity index (χ4n) is 2.72. The van der Waals surface area contributed by atoms with Gasteiger partial charge in [-0.2, -0.15) is 0 Å². The molecule has 4 heteroatoms. The van der Waals surface area contributed by atoms with E-state index in [0.29, 0.717) is 0 Å². The zero-order chi connectivity index (χ0) is 15.6. The molecular weight excluding hydrogens is 325 g/mol. The summed E-state index contributed by atoms with van der Waals surface area (Å²) in [6, 6.07) is 19.3. The van der Waals surface area contributed by atoms with Gasteiger partial charge in [0.1, 0.15) is 5.82 Å². The number of aliphatic imine (C=N–C) groups is 1. The van der Waals surface area contributed by atoms with E-state index in [1.54, 1.807) is 29.2 Å². The summed E-state index contributed by atoms with van der Waals surface area (Å²) in [6.07, 6.45) is 0.723. The minimum atomic E-state index is -0.144. The Morgan fingerprint density at radius 1 is 0.957 bits per heavy atom. The van der Waals surface area contributed by atoms with Crippen LogP contribution in [0.3, 0.4) is 0 Å². The van der Waals surface area contributed by atoms with Crippen LogP contribution in [0.5, 0.6) is 0 Å². The summed E-state index contributed by atoms with van der Waals surface area (Å²) in [6.45, 7) is 0. The molecule has 2 aromatic carbocycles. The van der Waals surface area contributed by atoms with Gasteiger partial charge in [0.15, 0.2) is 0 Å². The predicted octanol–water partition coefficient (Wildman–Crippen LogP) is 6.25. The first-order valence-electron chi connectivity index (χ1n) is 7.43. The number of hydrogen-bond donors (Lipinski definition) is 0. The monoisotopic (exact) mass is 339 g/mol. The summed E-state index contributed by atoms with van der Waals surface area (Å²) in [5, 5.41) is 2.08. The first-order valence-corrected chi connectivity index (χ1v) is 9.19. The Kier molecular flexibility index (Phi) is 4.02. The van der Waals surface area contributed by atoms with E-state index in [4.69, 9.17) is 4.99 Å². The molecule has 0 saturated carbocycles. The SMILES string of the molecule is Fc1ccccc1[C@H]1CC(c2cccs2)=Nc2ccccc2S1. The van der Waals surface area contributed by atoms with Crippen molar-refractivity contribution >= 4 is 34.5 Å². The van der Waals surface area contributed by atoms with Gasteiger partial charge < -0.3 is 0 Å². The summed E-state index contributed by atoms with van der Waals surface area (Å²) < 4.78 is 14.3. The van der Waals surface area contributed by atoms with Gasteiger partial charge in [0.2, 0.25) is 0 Å². The van der Waals surface area contributed by atoms with Gasteiger partial charge in [-0.05, 0) is 29.6 Å². The zero-order valence-corrected chi connectivity index (χ0v) is 13.9. The summed E-state index contributed by atoms with van der Waals surface area (Å²) >= 11 is 3.38. The average molecular weight is 339 g/mol. The van der Waals surface area contributed by atoms with E-state index in [0.717, 1.165) is 33.2 Å². The van der Waals surface area contributed by atoms with Crippen LogP contribution in [0.15, 0.2) is 75.9 Å². The highest BCUT2D eigenvalue weighted by Crippen LogP contribution is 2.46. The fraction of sp³-hybridized carbons (Fsp3) is 0.105. The van der Waals surface area contributed by atoms with Crippen LogP contribution < -0.4 is 0 Å². The average Bonchev–Trinajstić information content (AvgIpc) is 3.03. The molecule has 0 fully saturated rings. The van der Waals surface area contributed by atoms with E-state index in [1.807, 2.05) is 36.4 Å². The van der Waals surface area contributed by atoms with Gasteiger partial charge in [0.05, 0.1) is 11.4 Å². The van der Waals surface area contributed by atoms with Crippen LogP contribution in [-0.4, -0.2) is 5.71 Å². The molecule has 0 spiro atoms. The summed E-state index contributed by atoms with van der Waals surface area (Å²) in [7, 11) is 0. The van der Waals surface area contributed by atoms with Crippen molar-refractivity contribution in [3.8, 4) is 0 Å². The van der Waals surface area contributed by atoms with Gasteiger partial charge in [0.25, 0.3) is 0 Å². The third-order valence-electron chi connectivity index (χ3n) is 3.83. The number of para-hydroxylation sites is 1. The Morgan fingerprint density at radius 2 is 1.78 bits per heavy atom. The van der Waals surface area contributed by atoms with Crippen molar-refractivity contribution in [3.63, 3.8) is 0 Å². The van der Waals surface area contributed by atoms with Crippen LogP contribution in [0.25, 0.3) is 0 Å². The maximum atomic E-state index is 14.3. The lowest BCUT2D eigenvalue weighted by atomic mass is 10.0.